The number of anilines is 3. The van der Waals surface area contributed by atoms with Crippen LogP contribution < -0.4 is 15.4 Å². The number of nitrogens with one attached hydrogen (secondary N) is 2. The first kappa shape index (κ1) is 15.8. The molecule has 5 heteroatoms. The van der Waals surface area contributed by atoms with E-state index in [2.05, 4.69) is 33.6 Å². The van der Waals surface area contributed by atoms with Crippen LogP contribution in [0.3, 0.4) is 0 Å². The Morgan fingerprint density at radius 1 is 1.00 bits per heavy atom. The molecule has 0 atom stereocenters. The monoisotopic (exact) mass is 320 g/mol. The van der Waals surface area contributed by atoms with E-state index in [0.717, 1.165) is 34.9 Å². The van der Waals surface area contributed by atoms with Gasteiger partial charge in [-0.1, -0.05) is 12.1 Å². The van der Waals surface area contributed by atoms with Crippen LogP contribution in [0.25, 0.3) is 11.3 Å². The van der Waals surface area contributed by atoms with E-state index in [0.29, 0.717) is 5.95 Å². The molecule has 0 aliphatic rings. The largest absolute Gasteiger partial charge is 0.497 e. The topological polar surface area (TPSA) is 59.1 Å². The van der Waals surface area contributed by atoms with Crippen LogP contribution in [0.5, 0.6) is 5.75 Å². The second-order valence-corrected chi connectivity index (χ2v) is 5.23. The Hall–Kier alpha value is -3.08. The van der Waals surface area contributed by atoms with E-state index >= 15 is 0 Å². The normalized spacial score (nSPS) is 10.2. The number of hydrogen-bond donors (Lipinski definition) is 2. The highest BCUT2D eigenvalue weighted by Gasteiger charge is 2.04. The number of benzene rings is 2. The third-order valence-corrected chi connectivity index (χ3v) is 3.54. The molecule has 0 bridgehead atoms. The molecule has 0 spiro atoms. The van der Waals surface area contributed by atoms with Crippen molar-refractivity contribution in [3.63, 3.8) is 0 Å². The fourth-order valence-corrected chi connectivity index (χ4v) is 2.38. The molecule has 0 saturated carbocycles. The minimum Gasteiger partial charge on any atom is -0.497 e. The number of aromatic nitrogens is 2. The van der Waals surface area contributed by atoms with Crippen LogP contribution in [-0.2, 0) is 0 Å². The predicted octanol–water partition coefficient (Wildman–Crippen LogP) is 4.33. The molecule has 1 aromatic heterocycles. The Bertz CT molecular complexity index is 802. The van der Waals surface area contributed by atoms with Gasteiger partial charge in [-0.25, -0.2) is 9.97 Å². The molecule has 0 aliphatic carbocycles. The van der Waals surface area contributed by atoms with Crippen LogP contribution in [0.1, 0.15) is 6.92 Å². The SMILES string of the molecule is CCNc1cccc(-c2ccnc(Nc3ccc(OC)cc3)n2)c1. The molecular formula is C19H20N4O. The zero-order chi connectivity index (χ0) is 16.8. The fraction of sp³-hybridized carbons (Fsp3) is 0.158. The van der Waals surface area contributed by atoms with Gasteiger partial charge in [0.05, 0.1) is 12.8 Å². The summed E-state index contributed by atoms with van der Waals surface area (Å²) < 4.78 is 5.16. The minimum absolute atomic E-state index is 0.562. The van der Waals surface area contributed by atoms with E-state index in [1.54, 1.807) is 13.3 Å². The van der Waals surface area contributed by atoms with Gasteiger partial charge in [0.2, 0.25) is 5.95 Å². The van der Waals surface area contributed by atoms with Crippen molar-refractivity contribution in [2.75, 3.05) is 24.3 Å². The highest BCUT2D eigenvalue weighted by Crippen LogP contribution is 2.23. The number of hydrogen-bond acceptors (Lipinski definition) is 5. The summed E-state index contributed by atoms with van der Waals surface area (Å²) in [5, 5.41) is 6.52. The van der Waals surface area contributed by atoms with Crippen molar-refractivity contribution >= 4 is 17.3 Å². The maximum atomic E-state index is 5.16. The molecule has 0 saturated heterocycles. The maximum absolute atomic E-state index is 5.16. The van der Waals surface area contributed by atoms with E-state index in [9.17, 15) is 0 Å². The number of methoxy groups -OCH3 is 1. The molecule has 2 aromatic carbocycles. The third-order valence-electron chi connectivity index (χ3n) is 3.54. The van der Waals surface area contributed by atoms with Gasteiger partial charge < -0.3 is 15.4 Å². The Balaban J connectivity index is 1.81. The predicted molar refractivity (Wildman–Crippen MR) is 97.9 cm³/mol. The van der Waals surface area contributed by atoms with E-state index < -0.39 is 0 Å². The van der Waals surface area contributed by atoms with Gasteiger partial charge in [-0.2, -0.15) is 0 Å². The number of ether oxygens (including phenoxy) is 1. The average Bonchev–Trinajstić information content (AvgIpc) is 2.63. The van der Waals surface area contributed by atoms with Crippen LogP contribution in [-0.4, -0.2) is 23.6 Å². The van der Waals surface area contributed by atoms with Gasteiger partial charge in [-0.05, 0) is 49.4 Å². The van der Waals surface area contributed by atoms with Gasteiger partial charge in [0.25, 0.3) is 0 Å². The first-order valence-electron chi connectivity index (χ1n) is 7.87. The second-order valence-electron chi connectivity index (χ2n) is 5.23. The van der Waals surface area contributed by atoms with Crippen LogP contribution in [0.2, 0.25) is 0 Å². The molecule has 0 aliphatic heterocycles. The highest BCUT2D eigenvalue weighted by atomic mass is 16.5. The standard InChI is InChI=1S/C19H20N4O/c1-3-20-16-6-4-5-14(13-16)18-11-12-21-19(23-18)22-15-7-9-17(24-2)10-8-15/h4-13,20H,3H2,1-2H3,(H,21,22,23). The van der Waals surface area contributed by atoms with E-state index in [1.165, 1.54) is 0 Å². The Morgan fingerprint density at radius 3 is 2.58 bits per heavy atom. The van der Waals surface area contributed by atoms with Gasteiger partial charge >= 0.3 is 0 Å². The van der Waals surface area contributed by atoms with Crippen molar-refractivity contribution in [3.05, 3.63) is 60.8 Å². The Morgan fingerprint density at radius 2 is 1.83 bits per heavy atom. The molecule has 0 unspecified atom stereocenters. The lowest BCUT2D eigenvalue weighted by molar-refractivity contribution is 0.415. The first-order chi connectivity index (χ1) is 11.8. The van der Waals surface area contributed by atoms with Crippen molar-refractivity contribution in [2.45, 2.75) is 6.92 Å². The molecule has 24 heavy (non-hydrogen) atoms. The fourth-order valence-electron chi connectivity index (χ4n) is 2.38. The van der Waals surface area contributed by atoms with Crippen molar-refractivity contribution < 1.29 is 4.74 Å². The quantitative estimate of drug-likeness (QED) is 0.708. The lowest BCUT2D eigenvalue weighted by Crippen LogP contribution is -1.99. The smallest absolute Gasteiger partial charge is 0.227 e. The average molecular weight is 320 g/mol. The molecule has 0 amide bonds. The minimum atomic E-state index is 0.562. The summed E-state index contributed by atoms with van der Waals surface area (Å²) in [4.78, 5) is 8.89. The molecule has 3 rings (SSSR count). The van der Waals surface area contributed by atoms with Crippen molar-refractivity contribution in [2.24, 2.45) is 0 Å². The lowest BCUT2D eigenvalue weighted by Gasteiger charge is -2.09. The third kappa shape index (κ3) is 3.81. The van der Waals surface area contributed by atoms with Crippen LogP contribution in [0.4, 0.5) is 17.3 Å². The molecule has 5 nitrogen and oxygen atoms in total. The van der Waals surface area contributed by atoms with Gasteiger partial charge in [-0.3, -0.25) is 0 Å². The molecule has 122 valence electrons. The molecule has 0 radical (unpaired) electrons. The van der Waals surface area contributed by atoms with Gasteiger partial charge in [0.15, 0.2) is 0 Å². The van der Waals surface area contributed by atoms with Crippen molar-refractivity contribution in [1.29, 1.82) is 0 Å². The molecule has 1 heterocycles. The van der Waals surface area contributed by atoms with Gasteiger partial charge in [0.1, 0.15) is 5.75 Å². The molecule has 3 aromatic rings. The van der Waals surface area contributed by atoms with Crippen molar-refractivity contribution in [1.82, 2.24) is 9.97 Å². The Labute approximate surface area is 141 Å². The number of rotatable bonds is 6. The molecular weight excluding hydrogens is 300 g/mol. The lowest BCUT2D eigenvalue weighted by atomic mass is 10.1. The van der Waals surface area contributed by atoms with E-state index in [4.69, 9.17) is 4.74 Å². The van der Waals surface area contributed by atoms with Crippen LogP contribution in [0.15, 0.2) is 60.8 Å². The summed E-state index contributed by atoms with van der Waals surface area (Å²) in [6.45, 7) is 2.96. The summed E-state index contributed by atoms with van der Waals surface area (Å²) >= 11 is 0. The summed E-state index contributed by atoms with van der Waals surface area (Å²) in [6, 6.07) is 17.8. The van der Waals surface area contributed by atoms with Crippen LogP contribution >= 0.6 is 0 Å². The van der Waals surface area contributed by atoms with Gasteiger partial charge in [-0.15, -0.1) is 0 Å². The zero-order valence-corrected chi connectivity index (χ0v) is 13.8. The maximum Gasteiger partial charge on any atom is 0.227 e. The highest BCUT2D eigenvalue weighted by molar-refractivity contribution is 5.66. The molecule has 2 N–H and O–H groups in total. The van der Waals surface area contributed by atoms with Gasteiger partial charge in [0, 0.05) is 29.7 Å². The Kier molecular flexibility index (Phi) is 4.91. The summed E-state index contributed by atoms with van der Waals surface area (Å²) in [5.41, 5.74) is 3.92. The molecule has 0 fully saturated rings. The van der Waals surface area contributed by atoms with Crippen molar-refractivity contribution in [3.8, 4) is 17.0 Å². The zero-order valence-electron chi connectivity index (χ0n) is 13.8. The van der Waals surface area contributed by atoms with Crippen LogP contribution in [0, 0.1) is 0 Å². The van der Waals surface area contributed by atoms with E-state index in [1.807, 2.05) is 48.5 Å². The number of nitrogens with zero attached hydrogens (tertiary/aromatic N) is 2. The summed E-state index contributed by atoms with van der Waals surface area (Å²) in [7, 11) is 1.65. The van der Waals surface area contributed by atoms with E-state index in [-0.39, 0.29) is 0 Å². The summed E-state index contributed by atoms with van der Waals surface area (Å²) in [6.07, 6.45) is 1.76. The first-order valence-corrected chi connectivity index (χ1v) is 7.87. The summed E-state index contributed by atoms with van der Waals surface area (Å²) in [5.74, 6) is 1.38. The second kappa shape index (κ2) is 7.46.